The lowest BCUT2D eigenvalue weighted by atomic mass is 10.00. The van der Waals surface area contributed by atoms with Crippen molar-refractivity contribution in [3.63, 3.8) is 0 Å². The molecule has 2 aromatic heterocycles. The number of thiazole rings is 1. The highest BCUT2D eigenvalue weighted by atomic mass is 32.1. The van der Waals surface area contributed by atoms with Gasteiger partial charge in [0, 0.05) is 18.7 Å². The van der Waals surface area contributed by atoms with E-state index in [1.165, 1.54) is 34.6 Å². The predicted octanol–water partition coefficient (Wildman–Crippen LogP) is 4.85. The summed E-state index contributed by atoms with van der Waals surface area (Å²) in [5, 5.41) is 8.06. The Balaban J connectivity index is 1.38. The summed E-state index contributed by atoms with van der Waals surface area (Å²) in [5.41, 5.74) is 5.36. The van der Waals surface area contributed by atoms with Crippen LogP contribution in [0.15, 0.2) is 54.6 Å². The number of hydrogen-bond acceptors (Lipinski definition) is 4. The number of fused-ring (bicyclic) bond motifs is 1. The molecular formula is C23H19FN4OS. The molecule has 0 bridgehead atoms. The molecule has 1 N–H and O–H groups in total. The number of carbonyl (C=O) groups is 1. The van der Waals surface area contributed by atoms with Crippen molar-refractivity contribution in [2.75, 3.05) is 6.54 Å². The fraction of sp³-hybridized carbons (Fsp3) is 0.174. The lowest BCUT2D eigenvalue weighted by Gasteiger charge is -2.28. The van der Waals surface area contributed by atoms with E-state index in [0.717, 1.165) is 33.3 Å². The second-order valence-corrected chi connectivity index (χ2v) is 8.35. The first-order valence-corrected chi connectivity index (χ1v) is 10.6. The number of H-pyrrole nitrogens is 1. The zero-order chi connectivity index (χ0) is 20.7. The number of amides is 1. The molecule has 30 heavy (non-hydrogen) atoms. The topological polar surface area (TPSA) is 61.9 Å². The van der Waals surface area contributed by atoms with E-state index in [9.17, 15) is 9.18 Å². The van der Waals surface area contributed by atoms with Crippen LogP contribution < -0.4 is 0 Å². The van der Waals surface area contributed by atoms with E-state index < -0.39 is 0 Å². The first kappa shape index (κ1) is 18.7. The van der Waals surface area contributed by atoms with Gasteiger partial charge in [-0.25, -0.2) is 9.37 Å². The molecule has 0 aliphatic carbocycles. The lowest BCUT2D eigenvalue weighted by molar-refractivity contribution is 0.0728. The third-order valence-corrected chi connectivity index (χ3v) is 6.59. The molecule has 5 rings (SSSR count). The van der Waals surface area contributed by atoms with Crippen LogP contribution in [0.25, 0.3) is 21.1 Å². The summed E-state index contributed by atoms with van der Waals surface area (Å²) in [5.74, 6) is -0.350. The Morgan fingerprint density at radius 2 is 1.90 bits per heavy atom. The number of hydrogen-bond donors (Lipinski definition) is 1. The zero-order valence-corrected chi connectivity index (χ0v) is 17.2. The summed E-state index contributed by atoms with van der Waals surface area (Å²) >= 11 is 1.49. The van der Waals surface area contributed by atoms with Gasteiger partial charge in [-0.2, -0.15) is 5.10 Å². The van der Waals surface area contributed by atoms with Crippen molar-refractivity contribution in [3.8, 4) is 21.1 Å². The van der Waals surface area contributed by atoms with Crippen molar-refractivity contribution in [2.45, 2.75) is 19.9 Å². The lowest BCUT2D eigenvalue weighted by Crippen LogP contribution is -2.36. The fourth-order valence-electron chi connectivity index (χ4n) is 3.74. The number of aromatic nitrogens is 3. The standard InChI is InChI=1S/C23H19FN4OS/c1-14-21(30-22(25-14)16-6-8-18(24)9-7-16)19-12-20(27-26-19)23(29)28-11-10-15-4-2-3-5-17(15)13-28/h2-9,12H,10-11,13H2,1H3,(H,26,27). The number of benzene rings is 2. The van der Waals surface area contributed by atoms with Crippen molar-refractivity contribution < 1.29 is 9.18 Å². The molecule has 1 amide bonds. The van der Waals surface area contributed by atoms with Crippen LogP contribution in [0.2, 0.25) is 0 Å². The van der Waals surface area contributed by atoms with E-state index in [4.69, 9.17) is 0 Å². The fourth-order valence-corrected chi connectivity index (χ4v) is 4.78. The molecule has 0 saturated heterocycles. The molecule has 1 aliphatic heterocycles. The highest BCUT2D eigenvalue weighted by Crippen LogP contribution is 2.34. The second-order valence-electron chi connectivity index (χ2n) is 7.35. The Bertz CT molecular complexity index is 1230. The zero-order valence-electron chi connectivity index (χ0n) is 16.4. The average molecular weight is 418 g/mol. The average Bonchev–Trinajstić information content (AvgIpc) is 3.40. The smallest absolute Gasteiger partial charge is 0.274 e. The summed E-state index contributed by atoms with van der Waals surface area (Å²) in [6, 6.07) is 16.3. The maximum Gasteiger partial charge on any atom is 0.274 e. The van der Waals surface area contributed by atoms with Crippen LogP contribution in [0, 0.1) is 12.7 Å². The molecule has 0 saturated carbocycles. The van der Waals surface area contributed by atoms with Gasteiger partial charge in [0.1, 0.15) is 10.8 Å². The van der Waals surface area contributed by atoms with Crippen LogP contribution in [0.3, 0.4) is 0 Å². The molecule has 4 aromatic rings. The van der Waals surface area contributed by atoms with Gasteiger partial charge in [-0.3, -0.25) is 9.89 Å². The quantitative estimate of drug-likeness (QED) is 0.518. The van der Waals surface area contributed by atoms with Crippen molar-refractivity contribution in [1.29, 1.82) is 0 Å². The van der Waals surface area contributed by atoms with Gasteiger partial charge in [0.15, 0.2) is 5.69 Å². The maximum absolute atomic E-state index is 13.2. The molecule has 0 atom stereocenters. The van der Waals surface area contributed by atoms with Gasteiger partial charge >= 0.3 is 0 Å². The van der Waals surface area contributed by atoms with Gasteiger partial charge in [-0.1, -0.05) is 24.3 Å². The second kappa shape index (κ2) is 7.50. The maximum atomic E-state index is 13.2. The van der Waals surface area contributed by atoms with Gasteiger partial charge in [0.25, 0.3) is 5.91 Å². The van der Waals surface area contributed by atoms with Crippen molar-refractivity contribution in [1.82, 2.24) is 20.1 Å². The number of halogens is 1. The minimum Gasteiger partial charge on any atom is -0.333 e. The monoisotopic (exact) mass is 418 g/mol. The summed E-state index contributed by atoms with van der Waals surface area (Å²) < 4.78 is 13.2. The number of nitrogens with one attached hydrogen (secondary N) is 1. The predicted molar refractivity (Wildman–Crippen MR) is 115 cm³/mol. The van der Waals surface area contributed by atoms with Gasteiger partial charge in [-0.05, 0) is 54.8 Å². The van der Waals surface area contributed by atoms with E-state index in [1.807, 2.05) is 24.0 Å². The van der Waals surface area contributed by atoms with E-state index in [0.29, 0.717) is 18.8 Å². The largest absolute Gasteiger partial charge is 0.333 e. The molecule has 2 aromatic carbocycles. The molecular weight excluding hydrogens is 399 g/mol. The molecule has 5 nitrogen and oxygen atoms in total. The van der Waals surface area contributed by atoms with Crippen LogP contribution in [-0.2, 0) is 13.0 Å². The van der Waals surface area contributed by atoms with Crippen LogP contribution in [0.5, 0.6) is 0 Å². The molecule has 0 fully saturated rings. The minimum atomic E-state index is -0.274. The minimum absolute atomic E-state index is 0.0760. The van der Waals surface area contributed by atoms with E-state index in [2.05, 4.69) is 27.3 Å². The molecule has 0 unspecified atom stereocenters. The molecule has 0 radical (unpaired) electrons. The molecule has 7 heteroatoms. The normalized spacial score (nSPS) is 13.3. The number of aryl methyl sites for hydroxylation is 1. The van der Waals surface area contributed by atoms with Crippen LogP contribution >= 0.6 is 11.3 Å². The van der Waals surface area contributed by atoms with Gasteiger partial charge in [0.2, 0.25) is 0 Å². The van der Waals surface area contributed by atoms with Crippen molar-refractivity contribution in [3.05, 3.63) is 82.9 Å². The molecule has 0 spiro atoms. The number of nitrogens with zero attached hydrogens (tertiary/aromatic N) is 3. The van der Waals surface area contributed by atoms with Crippen molar-refractivity contribution in [2.24, 2.45) is 0 Å². The van der Waals surface area contributed by atoms with Crippen LogP contribution in [-0.4, -0.2) is 32.5 Å². The van der Waals surface area contributed by atoms with E-state index >= 15 is 0 Å². The highest BCUT2D eigenvalue weighted by Gasteiger charge is 2.24. The first-order chi connectivity index (χ1) is 14.6. The highest BCUT2D eigenvalue weighted by molar-refractivity contribution is 7.18. The van der Waals surface area contributed by atoms with Gasteiger partial charge < -0.3 is 4.90 Å². The number of carbonyl (C=O) groups excluding carboxylic acids is 1. The van der Waals surface area contributed by atoms with Crippen molar-refractivity contribution >= 4 is 17.2 Å². The number of aromatic amines is 1. The Morgan fingerprint density at radius 1 is 1.13 bits per heavy atom. The third kappa shape index (κ3) is 3.41. The van der Waals surface area contributed by atoms with Crippen LogP contribution in [0.1, 0.15) is 27.3 Å². The van der Waals surface area contributed by atoms with E-state index in [-0.39, 0.29) is 11.7 Å². The SMILES string of the molecule is Cc1nc(-c2ccc(F)cc2)sc1-c1cc(C(=O)N2CCc3ccccc3C2)n[nH]1. The van der Waals surface area contributed by atoms with Crippen LogP contribution in [0.4, 0.5) is 4.39 Å². The molecule has 3 heterocycles. The summed E-state index contributed by atoms with van der Waals surface area (Å²) in [6.07, 6.45) is 0.855. The molecule has 1 aliphatic rings. The summed E-state index contributed by atoms with van der Waals surface area (Å²) in [6.45, 7) is 3.21. The Hall–Kier alpha value is -3.32. The molecule has 150 valence electrons. The third-order valence-electron chi connectivity index (χ3n) is 5.35. The van der Waals surface area contributed by atoms with E-state index in [1.54, 1.807) is 18.2 Å². The van der Waals surface area contributed by atoms with Gasteiger partial charge in [0.05, 0.1) is 16.3 Å². The Kier molecular flexibility index (Phi) is 4.67. The first-order valence-electron chi connectivity index (χ1n) is 9.74. The Morgan fingerprint density at radius 3 is 2.70 bits per heavy atom. The summed E-state index contributed by atoms with van der Waals surface area (Å²) in [7, 11) is 0. The van der Waals surface area contributed by atoms with Gasteiger partial charge in [-0.15, -0.1) is 11.3 Å². The Labute approximate surface area is 177 Å². The summed E-state index contributed by atoms with van der Waals surface area (Å²) in [4.78, 5) is 20.4. The number of rotatable bonds is 3.